The Bertz CT molecular complexity index is 765. The van der Waals surface area contributed by atoms with Crippen LogP contribution in [-0.4, -0.2) is 36.3 Å². The van der Waals surface area contributed by atoms with Crippen molar-refractivity contribution in [3.63, 3.8) is 0 Å². The minimum atomic E-state index is -0.0919. The molecule has 0 aromatic heterocycles. The highest BCUT2D eigenvalue weighted by molar-refractivity contribution is 5.91. The smallest absolute Gasteiger partial charge is 0.226 e. The first-order valence-corrected chi connectivity index (χ1v) is 9.88. The van der Waals surface area contributed by atoms with Crippen LogP contribution in [0.15, 0.2) is 48.5 Å². The number of benzene rings is 2. The summed E-state index contributed by atoms with van der Waals surface area (Å²) < 4.78 is 0. The molecule has 0 aliphatic carbocycles. The molecule has 0 atom stereocenters. The van der Waals surface area contributed by atoms with E-state index in [1.54, 1.807) is 4.90 Å². The van der Waals surface area contributed by atoms with Gasteiger partial charge in [0, 0.05) is 50.9 Å². The fourth-order valence-corrected chi connectivity index (χ4v) is 3.07. The second kappa shape index (κ2) is 10.5. The quantitative estimate of drug-likeness (QED) is 0.708. The van der Waals surface area contributed by atoms with E-state index in [0.717, 1.165) is 30.0 Å². The molecule has 2 amide bonds. The van der Waals surface area contributed by atoms with Gasteiger partial charge in [-0.05, 0) is 50.6 Å². The van der Waals surface area contributed by atoms with Crippen molar-refractivity contribution >= 4 is 23.2 Å². The monoisotopic (exact) mass is 381 g/mol. The van der Waals surface area contributed by atoms with Crippen LogP contribution in [0, 0.1) is 6.92 Å². The second-order valence-electron chi connectivity index (χ2n) is 6.94. The molecule has 0 bridgehead atoms. The summed E-state index contributed by atoms with van der Waals surface area (Å²) in [6.45, 7) is 10.6. The minimum absolute atomic E-state index is 0.0306. The summed E-state index contributed by atoms with van der Waals surface area (Å²) in [4.78, 5) is 28.2. The highest BCUT2D eigenvalue weighted by atomic mass is 16.2. The number of nitrogens with one attached hydrogen (secondary N) is 1. The number of nitrogens with zero attached hydrogens (tertiary/aromatic N) is 2. The molecule has 0 saturated carbocycles. The molecule has 0 aliphatic heterocycles. The fraction of sp³-hybridized carbons (Fsp3) is 0.391. The molecule has 150 valence electrons. The molecule has 28 heavy (non-hydrogen) atoms. The Balaban J connectivity index is 1.88. The third-order valence-electron chi connectivity index (χ3n) is 4.83. The van der Waals surface area contributed by atoms with Gasteiger partial charge in [-0.15, -0.1) is 0 Å². The summed E-state index contributed by atoms with van der Waals surface area (Å²) in [7, 11) is 0. The van der Waals surface area contributed by atoms with Gasteiger partial charge in [0.2, 0.25) is 11.8 Å². The topological polar surface area (TPSA) is 52.7 Å². The molecule has 0 heterocycles. The van der Waals surface area contributed by atoms with E-state index in [-0.39, 0.29) is 18.2 Å². The standard InChI is InChI=1S/C23H31N3O2/c1-5-25(6-2)22-13-11-21(12-14-22)24-23(28)15-16-26(19(4)27)17-20-9-7-18(3)8-10-20/h7-14H,5-6,15-17H2,1-4H3,(H,24,28). The maximum absolute atomic E-state index is 12.3. The van der Waals surface area contributed by atoms with Gasteiger partial charge in [0.15, 0.2) is 0 Å². The number of aryl methyl sites for hydroxylation is 1. The first-order valence-electron chi connectivity index (χ1n) is 9.88. The summed E-state index contributed by atoms with van der Waals surface area (Å²) in [5, 5.41) is 2.91. The Morgan fingerprint density at radius 1 is 0.929 bits per heavy atom. The first kappa shape index (κ1) is 21.5. The van der Waals surface area contributed by atoms with Gasteiger partial charge in [-0.2, -0.15) is 0 Å². The number of rotatable bonds is 9. The lowest BCUT2D eigenvalue weighted by Crippen LogP contribution is -2.31. The maximum Gasteiger partial charge on any atom is 0.226 e. The summed E-state index contributed by atoms with van der Waals surface area (Å²) in [6, 6.07) is 16.0. The number of amides is 2. The minimum Gasteiger partial charge on any atom is -0.372 e. The van der Waals surface area contributed by atoms with E-state index in [1.807, 2.05) is 55.5 Å². The SMILES string of the molecule is CCN(CC)c1ccc(NC(=O)CCN(Cc2ccc(C)cc2)C(C)=O)cc1. The number of carbonyl (C=O) groups is 2. The Labute approximate surface area is 168 Å². The third kappa shape index (κ3) is 6.41. The highest BCUT2D eigenvalue weighted by Crippen LogP contribution is 2.18. The van der Waals surface area contributed by atoms with Crippen molar-refractivity contribution in [3.8, 4) is 0 Å². The average Bonchev–Trinajstić information content (AvgIpc) is 2.68. The van der Waals surface area contributed by atoms with Crippen LogP contribution in [0.25, 0.3) is 0 Å². The van der Waals surface area contributed by atoms with E-state index < -0.39 is 0 Å². The van der Waals surface area contributed by atoms with Crippen LogP contribution in [0.3, 0.4) is 0 Å². The molecule has 0 saturated heterocycles. The lowest BCUT2D eigenvalue weighted by Gasteiger charge is -2.22. The van der Waals surface area contributed by atoms with Crippen molar-refractivity contribution in [3.05, 3.63) is 59.7 Å². The Morgan fingerprint density at radius 2 is 1.54 bits per heavy atom. The fourth-order valence-electron chi connectivity index (χ4n) is 3.07. The van der Waals surface area contributed by atoms with Crippen LogP contribution in [-0.2, 0) is 16.1 Å². The van der Waals surface area contributed by atoms with E-state index >= 15 is 0 Å². The van der Waals surface area contributed by atoms with Crippen LogP contribution in [0.4, 0.5) is 11.4 Å². The van der Waals surface area contributed by atoms with Gasteiger partial charge in [0.1, 0.15) is 0 Å². The molecule has 0 fully saturated rings. The number of anilines is 2. The van der Waals surface area contributed by atoms with Crippen molar-refractivity contribution in [2.24, 2.45) is 0 Å². The Morgan fingerprint density at radius 3 is 2.07 bits per heavy atom. The number of carbonyl (C=O) groups excluding carboxylic acids is 2. The molecule has 0 spiro atoms. The molecule has 2 rings (SSSR count). The van der Waals surface area contributed by atoms with Crippen LogP contribution >= 0.6 is 0 Å². The van der Waals surface area contributed by atoms with Gasteiger partial charge in [-0.1, -0.05) is 29.8 Å². The lowest BCUT2D eigenvalue weighted by atomic mass is 10.1. The summed E-state index contributed by atoms with van der Waals surface area (Å²) in [5.74, 6) is -0.123. The average molecular weight is 382 g/mol. The zero-order chi connectivity index (χ0) is 20.5. The van der Waals surface area contributed by atoms with Crippen molar-refractivity contribution in [1.82, 2.24) is 4.90 Å². The molecule has 5 heteroatoms. The van der Waals surface area contributed by atoms with Crippen LogP contribution in [0.1, 0.15) is 38.3 Å². The van der Waals surface area contributed by atoms with Crippen molar-refractivity contribution in [2.45, 2.75) is 40.7 Å². The van der Waals surface area contributed by atoms with Gasteiger partial charge >= 0.3 is 0 Å². The molecular weight excluding hydrogens is 350 g/mol. The maximum atomic E-state index is 12.3. The molecular formula is C23H31N3O2. The Kier molecular flexibility index (Phi) is 8.05. The second-order valence-corrected chi connectivity index (χ2v) is 6.94. The van der Waals surface area contributed by atoms with Crippen LogP contribution < -0.4 is 10.2 Å². The summed E-state index contributed by atoms with van der Waals surface area (Å²) >= 11 is 0. The molecule has 0 aliphatic rings. The molecule has 2 aromatic rings. The van der Waals surface area contributed by atoms with Crippen molar-refractivity contribution < 1.29 is 9.59 Å². The zero-order valence-electron chi connectivity index (χ0n) is 17.4. The van der Waals surface area contributed by atoms with E-state index in [9.17, 15) is 9.59 Å². The van der Waals surface area contributed by atoms with Gasteiger partial charge in [0.25, 0.3) is 0 Å². The van der Waals surface area contributed by atoms with Crippen LogP contribution in [0.5, 0.6) is 0 Å². The number of hydrogen-bond acceptors (Lipinski definition) is 3. The Hall–Kier alpha value is -2.82. The molecule has 2 aromatic carbocycles. The van der Waals surface area contributed by atoms with Crippen molar-refractivity contribution in [1.29, 1.82) is 0 Å². The molecule has 0 radical (unpaired) electrons. The first-order chi connectivity index (χ1) is 13.4. The van der Waals surface area contributed by atoms with Gasteiger partial charge in [0.05, 0.1) is 0 Å². The van der Waals surface area contributed by atoms with E-state index in [4.69, 9.17) is 0 Å². The normalized spacial score (nSPS) is 10.4. The van der Waals surface area contributed by atoms with Gasteiger partial charge in [-0.3, -0.25) is 9.59 Å². The van der Waals surface area contributed by atoms with Gasteiger partial charge in [-0.25, -0.2) is 0 Å². The van der Waals surface area contributed by atoms with E-state index in [0.29, 0.717) is 13.1 Å². The largest absolute Gasteiger partial charge is 0.372 e. The predicted molar refractivity (Wildman–Crippen MR) is 116 cm³/mol. The summed E-state index contributed by atoms with van der Waals surface area (Å²) in [6.07, 6.45) is 0.267. The molecule has 1 N–H and O–H groups in total. The predicted octanol–water partition coefficient (Wildman–Crippen LogP) is 4.22. The highest BCUT2D eigenvalue weighted by Gasteiger charge is 2.12. The van der Waals surface area contributed by atoms with Gasteiger partial charge < -0.3 is 15.1 Å². The lowest BCUT2D eigenvalue weighted by molar-refractivity contribution is -0.129. The van der Waals surface area contributed by atoms with E-state index in [2.05, 4.69) is 24.1 Å². The van der Waals surface area contributed by atoms with E-state index in [1.165, 1.54) is 12.5 Å². The van der Waals surface area contributed by atoms with Crippen molar-refractivity contribution in [2.75, 3.05) is 29.9 Å². The number of hydrogen-bond donors (Lipinski definition) is 1. The molecule has 0 unspecified atom stereocenters. The summed E-state index contributed by atoms with van der Waals surface area (Å²) in [5.41, 5.74) is 4.16. The molecule has 5 nitrogen and oxygen atoms in total. The third-order valence-corrected chi connectivity index (χ3v) is 4.83. The van der Waals surface area contributed by atoms with Crippen LogP contribution in [0.2, 0.25) is 0 Å². The zero-order valence-corrected chi connectivity index (χ0v) is 17.4.